The number of likely N-dealkylation sites (N-methyl/N-ethyl adjacent to an activating group) is 1. The molecule has 2 aromatic rings. The van der Waals surface area contributed by atoms with Gasteiger partial charge >= 0.3 is 0 Å². The first kappa shape index (κ1) is 22.8. The van der Waals surface area contributed by atoms with Crippen LogP contribution in [0.15, 0.2) is 48.7 Å². The summed E-state index contributed by atoms with van der Waals surface area (Å²) >= 11 is 6.15. The van der Waals surface area contributed by atoms with Crippen LogP contribution < -0.4 is 0 Å². The van der Waals surface area contributed by atoms with E-state index >= 15 is 0 Å². The van der Waals surface area contributed by atoms with Crippen molar-refractivity contribution in [3.63, 3.8) is 0 Å². The van der Waals surface area contributed by atoms with Gasteiger partial charge in [-0.2, -0.15) is 0 Å². The Morgan fingerprint density at radius 2 is 1.62 bits per heavy atom. The zero-order valence-electron chi connectivity index (χ0n) is 19.0. The van der Waals surface area contributed by atoms with E-state index in [0.29, 0.717) is 24.5 Å². The minimum atomic E-state index is -0.811. The summed E-state index contributed by atoms with van der Waals surface area (Å²) in [6.45, 7) is 1.04. The molecule has 2 heterocycles. The summed E-state index contributed by atoms with van der Waals surface area (Å²) in [5, 5.41) is 0.677. The second-order valence-electron chi connectivity index (χ2n) is 9.48. The van der Waals surface area contributed by atoms with Crippen LogP contribution in [0.5, 0.6) is 0 Å². The van der Waals surface area contributed by atoms with Crippen LogP contribution in [0.3, 0.4) is 0 Å². The number of likely N-dealkylation sites (tertiary alicyclic amines) is 1. The molecule has 1 aromatic heterocycles. The third kappa shape index (κ3) is 4.03. The molecule has 32 heavy (non-hydrogen) atoms. The largest absolute Gasteiger partial charge is 0.348 e. The lowest BCUT2D eigenvalue weighted by Crippen LogP contribution is -2.59. The van der Waals surface area contributed by atoms with Gasteiger partial charge < -0.3 is 9.80 Å². The molecule has 5 nitrogen and oxygen atoms in total. The standard InChI is InChI=1S/C26H32ClN3O2/c1-29(2)23(31)26(22-9-4-7-17-28-22)16-8-18-30(19-26)24(32)25(14-5-3-6-15-25)20-10-12-21(27)13-11-20/h4,7,9-13,17H,3,5-6,8,14-16,18-19H2,1-2H3/t26-/m0/s1. The van der Waals surface area contributed by atoms with Gasteiger partial charge in [0.15, 0.2) is 0 Å². The fourth-order valence-electron chi connectivity index (χ4n) is 5.65. The molecule has 1 aliphatic carbocycles. The van der Waals surface area contributed by atoms with Crippen molar-refractivity contribution in [2.24, 2.45) is 0 Å². The van der Waals surface area contributed by atoms with E-state index in [1.54, 1.807) is 25.2 Å². The first-order valence-electron chi connectivity index (χ1n) is 11.6. The molecule has 1 saturated carbocycles. The van der Waals surface area contributed by atoms with Crippen molar-refractivity contribution in [1.82, 2.24) is 14.8 Å². The van der Waals surface area contributed by atoms with E-state index in [0.717, 1.165) is 49.8 Å². The number of piperidine rings is 1. The first-order valence-corrected chi connectivity index (χ1v) is 12.0. The summed E-state index contributed by atoms with van der Waals surface area (Å²) in [7, 11) is 3.56. The maximum absolute atomic E-state index is 14.2. The quantitative estimate of drug-likeness (QED) is 0.680. The van der Waals surface area contributed by atoms with Crippen molar-refractivity contribution in [2.75, 3.05) is 27.2 Å². The highest BCUT2D eigenvalue weighted by molar-refractivity contribution is 6.30. The van der Waals surface area contributed by atoms with Crippen molar-refractivity contribution < 1.29 is 9.59 Å². The van der Waals surface area contributed by atoms with Gasteiger partial charge in [-0.3, -0.25) is 14.6 Å². The van der Waals surface area contributed by atoms with Crippen molar-refractivity contribution in [3.8, 4) is 0 Å². The van der Waals surface area contributed by atoms with Gasteiger partial charge in [-0.05, 0) is 55.5 Å². The Kier molecular flexibility index (Phi) is 6.57. The van der Waals surface area contributed by atoms with Gasteiger partial charge in [-0.15, -0.1) is 0 Å². The number of halogens is 1. The van der Waals surface area contributed by atoms with E-state index in [2.05, 4.69) is 4.98 Å². The molecule has 0 spiro atoms. The molecule has 1 aromatic carbocycles. The summed E-state index contributed by atoms with van der Waals surface area (Å²) in [6, 6.07) is 13.5. The zero-order chi connectivity index (χ0) is 22.8. The highest BCUT2D eigenvalue weighted by Crippen LogP contribution is 2.43. The Bertz CT molecular complexity index is 955. The molecule has 0 unspecified atom stereocenters. The number of nitrogens with zero attached hydrogens (tertiary/aromatic N) is 3. The highest BCUT2D eigenvalue weighted by Gasteiger charge is 2.50. The number of carbonyl (C=O) groups is 2. The molecular formula is C26H32ClN3O2. The molecule has 2 amide bonds. The number of amides is 2. The highest BCUT2D eigenvalue weighted by atomic mass is 35.5. The van der Waals surface area contributed by atoms with E-state index in [1.807, 2.05) is 47.4 Å². The SMILES string of the molecule is CN(C)C(=O)[C@@]1(c2ccccn2)CCCN(C(=O)C2(c3ccc(Cl)cc3)CCCCC2)C1. The summed E-state index contributed by atoms with van der Waals surface area (Å²) in [4.78, 5) is 35.9. The van der Waals surface area contributed by atoms with Gasteiger partial charge in [0, 0.05) is 38.4 Å². The predicted molar refractivity (Wildman–Crippen MR) is 127 cm³/mol. The third-order valence-corrected chi connectivity index (χ3v) is 7.52. The van der Waals surface area contributed by atoms with Gasteiger partial charge in [-0.1, -0.05) is 49.1 Å². The van der Waals surface area contributed by atoms with Gasteiger partial charge in [0.2, 0.25) is 11.8 Å². The molecule has 1 aliphatic heterocycles. The lowest BCUT2D eigenvalue weighted by atomic mass is 9.67. The predicted octanol–water partition coefficient (Wildman–Crippen LogP) is 4.59. The number of aromatic nitrogens is 1. The molecular weight excluding hydrogens is 422 g/mol. The van der Waals surface area contributed by atoms with E-state index < -0.39 is 10.8 Å². The van der Waals surface area contributed by atoms with Crippen LogP contribution in [-0.2, 0) is 20.4 Å². The van der Waals surface area contributed by atoms with Crippen LogP contribution in [0.1, 0.15) is 56.2 Å². The molecule has 4 rings (SSSR count). The van der Waals surface area contributed by atoms with Gasteiger partial charge in [0.25, 0.3) is 0 Å². The lowest BCUT2D eigenvalue weighted by Gasteiger charge is -2.47. The number of benzene rings is 1. The van der Waals surface area contributed by atoms with Crippen molar-refractivity contribution in [1.29, 1.82) is 0 Å². The smallest absolute Gasteiger partial charge is 0.236 e. The molecule has 170 valence electrons. The Morgan fingerprint density at radius 3 is 2.25 bits per heavy atom. The summed E-state index contributed by atoms with van der Waals surface area (Å²) in [6.07, 6.45) is 8.09. The zero-order valence-corrected chi connectivity index (χ0v) is 19.8. The van der Waals surface area contributed by atoms with E-state index in [-0.39, 0.29) is 11.8 Å². The molecule has 1 atom stereocenters. The van der Waals surface area contributed by atoms with Gasteiger partial charge in [0.1, 0.15) is 5.41 Å². The van der Waals surface area contributed by atoms with Crippen LogP contribution in [-0.4, -0.2) is 53.8 Å². The summed E-state index contributed by atoms with van der Waals surface area (Å²) in [5.41, 5.74) is 0.436. The Balaban J connectivity index is 1.72. The molecule has 2 fully saturated rings. The van der Waals surface area contributed by atoms with E-state index in [4.69, 9.17) is 11.6 Å². The summed E-state index contributed by atoms with van der Waals surface area (Å²) < 4.78 is 0. The normalized spacial score (nSPS) is 22.9. The van der Waals surface area contributed by atoms with Crippen molar-refractivity contribution in [3.05, 3.63) is 64.9 Å². The van der Waals surface area contributed by atoms with Crippen LogP contribution in [0.4, 0.5) is 0 Å². The van der Waals surface area contributed by atoms with Crippen LogP contribution >= 0.6 is 11.6 Å². The second-order valence-corrected chi connectivity index (χ2v) is 9.91. The fraction of sp³-hybridized carbons (Fsp3) is 0.500. The van der Waals surface area contributed by atoms with Crippen LogP contribution in [0.2, 0.25) is 5.02 Å². The number of pyridine rings is 1. The molecule has 0 radical (unpaired) electrons. The maximum atomic E-state index is 14.2. The summed E-state index contributed by atoms with van der Waals surface area (Å²) in [5.74, 6) is 0.156. The third-order valence-electron chi connectivity index (χ3n) is 7.26. The lowest BCUT2D eigenvalue weighted by molar-refractivity contribution is -0.146. The molecule has 0 N–H and O–H groups in total. The second kappa shape index (κ2) is 9.22. The minimum absolute atomic E-state index is 0.0119. The first-order chi connectivity index (χ1) is 15.4. The van der Waals surface area contributed by atoms with Crippen LogP contribution in [0.25, 0.3) is 0 Å². The molecule has 2 aliphatic rings. The Labute approximate surface area is 195 Å². The topological polar surface area (TPSA) is 53.5 Å². The fourth-order valence-corrected chi connectivity index (χ4v) is 5.77. The molecule has 6 heteroatoms. The number of hydrogen-bond acceptors (Lipinski definition) is 3. The minimum Gasteiger partial charge on any atom is -0.348 e. The number of hydrogen-bond donors (Lipinski definition) is 0. The Hall–Kier alpha value is -2.40. The van der Waals surface area contributed by atoms with Crippen molar-refractivity contribution in [2.45, 2.75) is 55.8 Å². The van der Waals surface area contributed by atoms with Crippen LogP contribution in [0, 0.1) is 0 Å². The molecule has 0 bridgehead atoms. The van der Waals surface area contributed by atoms with Gasteiger partial charge in [0.05, 0.1) is 11.1 Å². The number of carbonyl (C=O) groups excluding carboxylic acids is 2. The van der Waals surface area contributed by atoms with Crippen molar-refractivity contribution >= 4 is 23.4 Å². The molecule has 1 saturated heterocycles. The number of rotatable bonds is 4. The maximum Gasteiger partial charge on any atom is 0.236 e. The van der Waals surface area contributed by atoms with E-state index in [1.165, 1.54) is 0 Å². The monoisotopic (exact) mass is 453 g/mol. The average molecular weight is 454 g/mol. The van der Waals surface area contributed by atoms with E-state index in [9.17, 15) is 9.59 Å². The Morgan fingerprint density at radius 1 is 0.938 bits per heavy atom. The average Bonchev–Trinajstić information content (AvgIpc) is 2.84. The van der Waals surface area contributed by atoms with Gasteiger partial charge in [-0.25, -0.2) is 0 Å².